The highest BCUT2D eigenvalue weighted by Gasteiger charge is 2.55. The normalized spacial score (nSPS) is 32.8. The maximum Gasteiger partial charge on any atom is 0.308 e. The van der Waals surface area contributed by atoms with Gasteiger partial charge < -0.3 is 30.0 Å². The molecular weight excluding hydrogens is 512 g/mol. The second-order valence-corrected chi connectivity index (χ2v) is 12.3. The Hall–Kier alpha value is -3.47. The van der Waals surface area contributed by atoms with Crippen LogP contribution in [0, 0.1) is 23.7 Å². The molecule has 3 heterocycles. The summed E-state index contributed by atoms with van der Waals surface area (Å²) in [6.07, 6.45) is 11.3. The molecule has 5 fully saturated rings. The number of carbonyl (C=O) groups is 2. The fourth-order valence-electron chi connectivity index (χ4n) is 8.13. The van der Waals surface area contributed by atoms with Gasteiger partial charge in [-0.3, -0.25) is 9.59 Å². The lowest BCUT2D eigenvalue weighted by atomic mass is 9.51. The number of amides is 1. The number of hydrogen-bond donors (Lipinski definition) is 4. The average Bonchev–Trinajstić information content (AvgIpc) is 3.62. The Kier molecular flexibility index (Phi) is 6.29. The highest BCUT2D eigenvalue weighted by atomic mass is 16.5. The van der Waals surface area contributed by atoms with E-state index >= 15 is 0 Å². The van der Waals surface area contributed by atoms with Crippen molar-refractivity contribution in [3.05, 3.63) is 24.3 Å². The van der Waals surface area contributed by atoms with Gasteiger partial charge in [0.1, 0.15) is 5.65 Å². The first-order valence-corrected chi connectivity index (χ1v) is 14.7. The quantitative estimate of drug-likeness (QED) is 0.323. The molecule has 5 aliphatic carbocycles. The lowest BCUT2D eigenvalue weighted by Gasteiger charge is -2.59. The van der Waals surface area contributed by atoms with Crippen molar-refractivity contribution >= 4 is 28.6 Å². The number of pyridine rings is 1. The topological polar surface area (TPSA) is 155 Å². The molecule has 0 radical (unpaired) electrons. The Labute approximate surface area is 231 Å². The molecule has 3 aromatic rings. The smallest absolute Gasteiger partial charge is 0.308 e. The van der Waals surface area contributed by atoms with Gasteiger partial charge in [0.2, 0.25) is 0 Å². The molecule has 4 N–H and O–H groups in total. The number of aliphatic hydroxyl groups excluding tert-OH is 1. The van der Waals surface area contributed by atoms with Crippen LogP contribution in [0.4, 0.5) is 5.69 Å². The molecule has 1 amide bonds. The second-order valence-electron chi connectivity index (χ2n) is 12.3. The van der Waals surface area contributed by atoms with Crippen molar-refractivity contribution in [3.8, 4) is 11.5 Å². The summed E-state index contributed by atoms with van der Waals surface area (Å²) in [6, 6.07) is 1.93. The number of esters is 1. The van der Waals surface area contributed by atoms with Crippen LogP contribution in [0.3, 0.4) is 0 Å². The first-order chi connectivity index (χ1) is 19.4. The monoisotopic (exact) mass is 548 g/mol. The standard InChI is InChI=1S/C29H36N6O5/c1-2-39-28(38)16-3-5-19(6-4-16)32-26(37)25-33-27(40-35-25)21-14-31-24-20(7-8-30-24)22(21)34-29-11-15-9-17(12-29)23(36)18(10-15)13-29/h7-8,14-19,23,36H,2-6,9-13H2,1H3,(H,32,37)(H2,30,31,34)/t15?,16?,17-,18+,19?,23?,29+. The van der Waals surface area contributed by atoms with Crippen LogP contribution >= 0.6 is 0 Å². The highest BCUT2D eigenvalue weighted by molar-refractivity contribution is 5.98. The number of anilines is 1. The molecule has 3 aromatic heterocycles. The summed E-state index contributed by atoms with van der Waals surface area (Å²) < 4.78 is 10.8. The highest BCUT2D eigenvalue weighted by Crippen LogP contribution is 2.57. The molecule has 40 heavy (non-hydrogen) atoms. The van der Waals surface area contributed by atoms with Crippen molar-refractivity contribution in [2.75, 3.05) is 11.9 Å². The summed E-state index contributed by atoms with van der Waals surface area (Å²) in [5.74, 6) is 0.843. The summed E-state index contributed by atoms with van der Waals surface area (Å²) in [5, 5.41) is 22.6. The number of carbonyl (C=O) groups excluding carboxylic acids is 2. The fraction of sp³-hybridized carbons (Fsp3) is 0.621. The third-order valence-corrected chi connectivity index (χ3v) is 9.74. The minimum Gasteiger partial charge on any atom is -0.466 e. The van der Waals surface area contributed by atoms with E-state index in [1.807, 2.05) is 19.2 Å². The van der Waals surface area contributed by atoms with Crippen LogP contribution in [0.15, 0.2) is 23.0 Å². The Morgan fingerprint density at radius 3 is 2.70 bits per heavy atom. The molecule has 0 aliphatic heterocycles. The van der Waals surface area contributed by atoms with E-state index in [0.717, 1.165) is 48.8 Å². The number of fused-ring (bicyclic) bond motifs is 1. The van der Waals surface area contributed by atoms with Gasteiger partial charge in [-0.25, -0.2) is 4.98 Å². The molecule has 212 valence electrons. The van der Waals surface area contributed by atoms with Crippen LogP contribution in [0.25, 0.3) is 22.5 Å². The van der Waals surface area contributed by atoms with E-state index in [-0.39, 0.29) is 41.3 Å². The van der Waals surface area contributed by atoms with Gasteiger partial charge in [-0.2, -0.15) is 4.98 Å². The molecular formula is C29H36N6O5. The predicted octanol–water partition coefficient (Wildman–Crippen LogP) is 3.82. The van der Waals surface area contributed by atoms with E-state index in [4.69, 9.17) is 9.26 Å². The first-order valence-electron chi connectivity index (χ1n) is 14.7. The molecule has 0 saturated heterocycles. The SMILES string of the molecule is CCOC(=O)C1CCC(NC(=O)c2noc(-c3cnc4[nH]ccc4c3N[C@@]34CC5C[C@H](C3)C(O)[C@@H](C5)C4)n2)CC1. The summed E-state index contributed by atoms with van der Waals surface area (Å²) in [6.45, 7) is 2.19. The van der Waals surface area contributed by atoms with Gasteiger partial charge in [-0.05, 0) is 88.5 Å². The fourth-order valence-corrected chi connectivity index (χ4v) is 8.13. The van der Waals surface area contributed by atoms with E-state index in [1.165, 1.54) is 0 Å². The number of H-pyrrole nitrogens is 1. The zero-order valence-electron chi connectivity index (χ0n) is 22.7. The number of aromatic nitrogens is 4. The molecule has 2 unspecified atom stereocenters. The molecule has 5 saturated carbocycles. The molecule has 11 nitrogen and oxygen atoms in total. The zero-order chi connectivity index (χ0) is 27.4. The number of nitrogens with zero attached hydrogens (tertiary/aromatic N) is 3. The lowest BCUT2D eigenvalue weighted by Crippen LogP contribution is -2.60. The molecule has 11 heteroatoms. The van der Waals surface area contributed by atoms with Crippen LogP contribution < -0.4 is 10.6 Å². The average molecular weight is 549 g/mol. The number of aromatic amines is 1. The number of hydrogen-bond acceptors (Lipinski definition) is 9. The minimum atomic E-state index is -0.394. The van der Waals surface area contributed by atoms with Crippen molar-refractivity contribution in [1.82, 2.24) is 25.4 Å². The maximum absolute atomic E-state index is 13.0. The van der Waals surface area contributed by atoms with E-state index in [2.05, 4.69) is 30.7 Å². The van der Waals surface area contributed by atoms with E-state index in [1.54, 1.807) is 6.20 Å². The van der Waals surface area contributed by atoms with Crippen LogP contribution in [0.2, 0.25) is 0 Å². The van der Waals surface area contributed by atoms with Crippen molar-refractivity contribution in [1.29, 1.82) is 0 Å². The second kappa shape index (κ2) is 9.87. The third kappa shape index (κ3) is 4.44. The van der Waals surface area contributed by atoms with Gasteiger partial charge in [0.05, 0.1) is 29.9 Å². The van der Waals surface area contributed by atoms with Crippen molar-refractivity contribution < 1.29 is 24.0 Å². The third-order valence-electron chi connectivity index (χ3n) is 9.74. The van der Waals surface area contributed by atoms with Crippen LogP contribution in [0.1, 0.15) is 75.3 Å². The van der Waals surface area contributed by atoms with E-state index in [9.17, 15) is 14.7 Å². The Balaban J connectivity index is 1.10. The summed E-state index contributed by atoms with van der Waals surface area (Å²) in [7, 11) is 0. The number of aliphatic hydroxyl groups is 1. The van der Waals surface area contributed by atoms with Gasteiger partial charge in [-0.1, -0.05) is 5.16 Å². The van der Waals surface area contributed by atoms with Crippen LogP contribution in [-0.4, -0.2) is 61.4 Å². The number of nitrogens with one attached hydrogen (secondary N) is 3. The number of rotatable bonds is 7. The van der Waals surface area contributed by atoms with E-state index in [0.29, 0.717) is 55.6 Å². The summed E-state index contributed by atoms with van der Waals surface area (Å²) in [4.78, 5) is 37.3. The summed E-state index contributed by atoms with van der Waals surface area (Å²) >= 11 is 0. The first kappa shape index (κ1) is 25.5. The molecule has 5 aliphatic rings. The van der Waals surface area contributed by atoms with Gasteiger partial charge in [0.15, 0.2) is 0 Å². The molecule has 5 atom stereocenters. The molecule has 8 rings (SSSR count). The van der Waals surface area contributed by atoms with Gasteiger partial charge >= 0.3 is 5.97 Å². The van der Waals surface area contributed by atoms with Gasteiger partial charge in [0, 0.05) is 29.4 Å². The predicted molar refractivity (Wildman–Crippen MR) is 145 cm³/mol. The molecule has 0 spiro atoms. The van der Waals surface area contributed by atoms with Gasteiger partial charge in [0.25, 0.3) is 17.6 Å². The van der Waals surface area contributed by atoms with Crippen molar-refractivity contribution in [3.63, 3.8) is 0 Å². The minimum absolute atomic E-state index is 0.0273. The molecule has 4 bridgehead atoms. The lowest BCUT2D eigenvalue weighted by molar-refractivity contribution is -0.149. The van der Waals surface area contributed by atoms with Crippen LogP contribution in [-0.2, 0) is 9.53 Å². The van der Waals surface area contributed by atoms with Crippen molar-refractivity contribution in [2.45, 2.75) is 82.4 Å². The Morgan fingerprint density at radius 1 is 1.18 bits per heavy atom. The summed E-state index contributed by atoms with van der Waals surface area (Å²) in [5.41, 5.74) is 2.19. The van der Waals surface area contributed by atoms with Gasteiger partial charge in [-0.15, -0.1) is 0 Å². The van der Waals surface area contributed by atoms with Crippen molar-refractivity contribution in [2.24, 2.45) is 23.7 Å². The Bertz CT molecular complexity index is 1410. The van der Waals surface area contributed by atoms with E-state index < -0.39 is 5.91 Å². The largest absolute Gasteiger partial charge is 0.466 e. The van der Waals surface area contributed by atoms with Crippen LogP contribution in [0.5, 0.6) is 0 Å². The zero-order valence-corrected chi connectivity index (χ0v) is 22.7. The maximum atomic E-state index is 13.0. The Morgan fingerprint density at radius 2 is 1.95 bits per heavy atom. The number of ether oxygens (including phenoxy) is 1. The molecule has 0 aromatic carbocycles.